The molecule has 1 aliphatic rings. The molecule has 0 saturated heterocycles. The van der Waals surface area contributed by atoms with E-state index in [2.05, 4.69) is 6.58 Å². The van der Waals surface area contributed by atoms with Crippen LogP contribution in [0.3, 0.4) is 0 Å². The van der Waals surface area contributed by atoms with Gasteiger partial charge in [-0.15, -0.1) is 6.58 Å². The first-order valence-corrected chi connectivity index (χ1v) is 2.81. The van der Waals surface area contributed by atoms with Crippen molar-refractivity contribution >= 4 is 5.91 Å². The van der Waals surface area contributed by atoms with Crippen LogP contribution in [0.1, 0.15) is 6.92 Å². The number of rotatable bonds is 2. The van der Waals surface area contributed by atoms with Gasteiger partial charge in [-0.1, -0.05) is 11.6 Å². The van der Waals surface area contributed by atoms with Gasteiger partial charge >= 0.3 is 0 Å². The Hall–Kier alpha value is -1.05. The van der Waals surface area contributed by atoms with Crippen LogP contribution in [0.25, 0.3) is 0 Å². The first-order chi connectivity index (χ1) is 4.18. The number of hydrogen-bond acceptors (Lipinski definition) is 1. The van der Waals surface area contributed by atoms with Gasteiger partial charge in [0.15, 0.2) is 0 Å². The molecule has 2 heteroatoms. The van der Waals surface area contributed by atoms with Crippen LogP contribution in [0.15, 0.2) is 23.8 Å². The molecule has 0 aromatic heterocycles. The van der Waals surface area contributed by atoms with Gasteiger partial charge < -0.3 is 5.73 Å². The van der Waals surface area contributed by atoms with Crippen LogP contribution in [0, 0.1) is 5.92 Å². The fraction of sp³-hybridized carbons (Fsp3) is 0.286. The molecule has 0 saturated carbocycles. The average molecular weight is 123 g/mol. The van der Waals surface area contributed by atoms with Crippen LogP contribution >= 0.6 is 0 Å². The number of allylic oxidation sites excluding steroid dienone is 2. The number of carbonyl (C=O) groups is 1. The van der Waals surface area contributed by atoms with Crippen LogP contribution in [-0.4, -0.2) is 5.91 Å². The van der Waals surface area contributed by atoms with Crippen LogP contribution in [-0.2, 0) is 4.79 Å². The van der Waals surface area contributed by atoms with Gasteiger partial charge in [0.2, 0.25) is 5.91 Å². The van der Waals surface area contributed by atoms with Gasteiger partial charge in [0.25, 0.3) is 0 Å². The van der Waals surface area contributed by atoms with Crippen molar-refractivity contribution in [2.75, 3.05) is 0 Å². The molecule has 0 fully saturated rings. The maximum atomic E-state index is 10.5. The molecule has 48 valence electrons. The molecule has 0 heterocycles. The fourth-order valence-corrected chi connectivity index (χ4v) is 0.996. The highest BCUT2D eigenvalue weighted by molar-refractivity contribution is 5.99. The van der Waals surface area contributed by atoms with E-state index in [0.717, 1.165) is 11.1 Å². The van der Waals surface area contributed by atoms with Crippen molar-refractivity contribution in [2.24, 2.45) is 11.7 Å². The minimum Gasteiger partial charge on any atom is -0.366 e. The molecule has 2 nitrogen and oxygen atoms in total. The quantitative estimate of drug-likeness (QED) is 0.537. The molecule has 2 N–H and O–H groups in total. The molecule has 0 radical (unpaired) electrons. The van der Waals surface area contributed by atoms with Crippen molar-refractivity contribution in [3.8, 4) is 0 Å². The minimum absolute atomic E-state index is 0.183. The first-order valence-electron chi connectivity index (χ1n) is 2.81. The molecule has 1 amide bonds. The van der Waals surface area contributed by atoms with Crippen LogP contribution < -0.4 is 5.73 Å². The Balaban J connectivity index is 2.67. The summed E-state index contributed by atoms with van der Waals surface area (Å²) in [5.41, 5.74) is 6.82. The Labute approximate surface area is 54.0 Å². The molecule has 0 spiro atoms. The van der Waals surface area contributed by atoms with E-state index < -0.39 is 0 Å². The maximum absolute atomic E-state index is 10.5. The second kappa shape index (κ2) is 1.72. The van der Waals surface area contributed by atoms with E-state index in [1.54, 1.807) is 6.08 Å². The van der Waals surface area contributed by atoms with Gasteiger partial charge in [-0.05, 0) is 6.92 Å². The molecule has 0 bridgehead atoms. The SMILES string of the molecule is C=C[C@@H]1C(C)=C1C(N)=O. The summed E-state index contributed by atoms with van der Waals surface area (Å²) in [6, 6.07) is 0. The highest BCUT2D eigenvalue weighted by Crippen LogP contribution is 2.38. The van der Waals surface area contributed by atoms with E-state index in [4.69, 9.17) is 5.73 Å². The highest BCUT2D eigenvalue weighted by Gasteiger charge is 2.33. The van der Waals surface area contributed by atoms with Gasteiger partial charge in [-0.25, -0.2) is 0 Å². The number of primary amides is 1. The highest BCUT2D eigenvalue weighted by atomic mass is 16.1. The lowest BCUT2D eigenvalue weighted by atomic mass is 10.2. The second-order valence-electron chi connectivity index (χ2n) is 2.17. The normalized spacial score (nSPS) is 23.9. The number of amides is 1. The largest absolute Gasteiger partial charge is 0.366 e. The van der Waals surface area contributed by atoms with Crippen LogP contribution in [0.2, 0.25) is 0 Å². The standard InChI is InChI=1S/C7H9NO/c1-3-5-4(2)6(5)7(8)9/h3,5H,1H2,2H3,(H2,8,9)/t5-/m1/s1. The monoisotopic (exact) mass is 123 g/mol. The van der Waals surface area contributed by atoms with E-state index in [-0.39, 0.29) is 11.8 Å². The second-order valence-corrected chi connectivity index (χ2v) is 2.17. The van der Waals surface area contributed by atoms with Gasteiger partial charge in [-0.2, -0.15) is 0 Å². The third-order valence-corrected chi connectivity index (χ3v) is 1.62. The summed E-state index contributed by atoms with van der Waals surface area (Å²) in [7, 11) is 0. The van der Waals surface area contributed by atoms with Crippen LogP contribution in [0.4, 0.5) is 0 Å². The summed E-state index contributed by atoms with van der Waals surface area (Å²) in [4.78, 5) is 10.5. The van der Waals surface area contributed by atoms with Crippen molar-refractivity contribution in [3.05, 3.63) is 23.8 Å². The van der Waals surface area contributed by atoms with E-state index >= 15 is 0 Å². The predicted molar refractivity (Wildman–Crippen MR) is 35.6 cm³/mol. The third kappa shape index (κ3) is 0.762. The number of nitrogens with two attached hydrogens (primary N) is 1. The molecular formula is C7H9NO. The zero-order chi connectivity index (χ0) is 7.02. The summed E-state index contributed by atoms with van der Waals surface area (Å²) in [6.45, 7) is 5.45. The van der Waals surface area contributed by atoms with E-state index in [1.165, 1.54) is 0 Å². The van der Waals surface area contributed by atoms with Gasteiger partial charge in [-0.3, -0.25) is 4.79 Å². The zero-order valence-corrected chi connectivity index (χ0v) is 5.35. The molecule has 1 rings (SSSR count). The Morgan fingerprint density at radius 1 is 1.89 bits per heavy atom. The van der Waals surface area contributed by atoms with E-state index in [1.807, 2.05) is 6.92 Å². The van der Waals surface area contributed by atoms with Gasteiger partial charge in [0.05, 0.1) is 0 Å². The minimum atomic E-state index is -0.308. The lowest BCUT2D eigenvalue weighted by molar-refractivity contribution is -0.114. The van der Waals surface area contributed by atoms with Crippen molar-refractivity contribution < 1.29 is 4.79 Å². The zero-order valence-electron chi connectivity index (χ0n) is 5.35. The molecule has 9 heavy (non-hydrogen) atoms. The average Bonchev–Trinajstić information content (AvgIpc) is 2.40. The third-order valence-electron chi connectivity index (χ3n) is 1.62. The summed E-state index contributed by atoms with van der Waals surface area (Å²) < 4.78 is 0. The summed E-state index contributed by atoms with van der Waals surface area (Å²) >= 11 is 0. The molecule has 1 aliphatic carbocycles. The Morgan fingerprint density at radius 3 is 2.56 bits per heavy atom. The van der Waals surface area contributed by atoms with Crippen LogP contribution in [0.5, 0.6) is 0 Å². The Kier molecular flexibility index (Phi) is 1.16. The summed E-state index contributed by atoms with van der Waals surface area (Å²) in [5, 5.41) is 0. The molecule has 0 unspecified atom stereocenters. The Bertz CT molecular complexity index is 203. The first kappa shape index (κ1) is 6.08. The van der Waals surface area contributed by atoms with E-state index in [9.17, 15) is 4.79 Å². The van der Waals surface area contributed by atoms with Crippen molar-refractivity contribution in [1.29, 1.82) is 0 Å². The molecule has 1 atom stereocenters. The molecule has 0 aromatic rings. The lowest BCUT2D eigenvalue weighted by Gasteiger charge is -1.83. The predicted octanol–water partition coefficient (Wildman–Crippen LogP) is 0.604. The summed E-state index contributed by atoms with van der Waals surface area (Å²) in [6.07, 6.45) is 1.73. The smallest absolute Gasteiger partial charge is 0.245 e. The molecule has 0 aromatic carbocycles. The van der Waals surface area contributed by atoms with E-state index in [0.29, 0.717) is 0 Å². The van der Waals surface area contributed by atoms with Crippen molar-refractivity contribution in [1.82, 2.24) is 0 Å². The number of hydrogen-bond donors (Lipinski definition) is 1. The topological polar surface area (TPSA) is 43.1 Å². The number of carbonyl (C=O) groups excluding carboxylic acids is 1. The Morgan fingerprint density at radius 2 is 2.44 bits per heavy atom. The van der Waals surface area contributed by atoms with Crippen molar-refractivity contribution in [2.45, 2.75) is 6.92 Å². The maximum Gasteiger partial charge on any atom is 0.245 e. The van der Waals surface area contributed by atoms with Crippen molar-refractivity contribution in [3.63, 3.8) is 0 Å². The van der Waals surface area contributed by atoms with Gasteiger partial charge in [0.1, 0.15) is 0 Å². The molecule has 0 aliphatic heterocycles. The summed E-state index contributed by atoms with van der Waals surface area (Å²) in [5.74, 6) is -0.125. The van der Waals surface area contributed by atoms with Gasteiger partial charge in [0, 0.05) is 11.5 Å². The molecular weight excluding hydrogens is 114 g/mol. The lowest BCUT2D eigenvalue weighted by Crippen LogP contribution is -2.09. The fourth-order valence-electron chi connectivity index (χ4n) is 0.996.